The Morgan fingerprint density at radius 3 is 3.25 bits per heavy atom. The fraction of sp³-hybridized carbons (Fsp3) is 0.750. The van der Waals surface area contributed by atoms with Gasteiger partial charge in [0.25, 0.3) is 0 Å². The number of hydrogen-bond donors (Lipinski definition) is 1. The molecule has 0 aliphatic carbocycles. The van der Waals surface area contributed by atoms with E-state index in [1.54, 1.807) is 0 Å². The van der Waals surface area contributed by atoms with E-state index in [-0.39, 0.29) is 0 Å². The monoisotopic (exact) mass is 166 g/mol. The summed E-state index contributed by atoms with van der Waals surface area (Å²) in [6.07, 6.45) is 2.26. The SMILES string of the molecule is CC1CCn2nc(CN)nc2C1. The molecule has 1 atom stereocenters. The molecule has 0 amide bonds. The van der Waals surface area contributed by atoms with Crippen molar-refractivity contribution in [2.75, 3.05) is 0 Å². The molecule has 0 fully saturated rings. The van der Waals surface area contributed by atoms with Crippen molar-refractivity contribution in [3.8, 4) is 0 Å². The van der Waals surface area contributed by atoms with Crippen LogP contribution in [-0.4, -0.2) is 14.8 Å². The summed E-state index contributed by atoms with van der Waals surface area (Å²) in [7, 11) is 0. The van der Waals surface area contributed by atoms with Crippen LogP contribution in [0.2, 0.25) is 0 Å². The van der Waals surface area contributed by atoms with Crippen LogP contribution in [0.4, 0.5) is 0 Å². The molecule has 4 heteroatoms. The lowest BCUT2D eigenvalue weighted by Gasteiger charge is -2.17. The molecule has 0 saturated heterocycles. The first-order chi connectivity index (χ1) is 5.79. The number of hydrogen-bond acceptors (Lipinski definition) is 3. The minimum atomic E-state index is 0.453. The van der Waals surface area contributed by atoms with Crippen LogP contribution in [0.25, 0.3) is 0 Å². The molecular weight excluding hydrogens is 152 g/mol. The van der Waals surface area contributed by atoms with E-state index in [1.165, 1.54) is 6.42 Å². The zero-order valence-electron chi connectivity index (χ0n) is 7.32. The molecule has 2 N–H and O–H groups in total. The summed E-state index contributed by atoms with van der Waals surface area (Å²) in [6, 6.07) is 0. The Bertz CT molecular complexity index is 279. The predicted octanol–water partition coefficient (Wildman–Crippen LogP) is 0.319. The zero-order chi connectivity index (χ0) is 8.55. The lowest BCUT2D eigenvalue weighted by atomic mass is 10.0. The Kier molecular flexibility index (Phi) is 1.84. The van der Waals surface area contributed by atoms with Crippen molar-refractivity contribution in [3.63, 3.8) is 0 Å². The van der Waals surface area contributed by atoms with Crippen molar-refractivity contribution < 1.29 is 0 Å². The average molecular weight is 166 g/mol. The van der Waals surface area contributed by atoms with Crippen LogP contribution in [-0.2, 0) is 19.5 Å². The molecule has 12 heavy (non-hydrogen) atoms. The van der Waals surface area contributed by atoms with Gasteiger partial charge in [-0.1, -0.05) is 6.92 Å². The summed E-state index contributed by atoms with van der Waals surface area (Å²) in [6.45, 7) is 3.71. The summed E-state index contributed by atoms with van der Waals surface area (Å²) in [4.78, 5) is 4.35. The molecule has 1 aliphatic rings. The molecule has 2 rings (SSSR count). The first-order valence-electron chi connectivity index (χ1n) is 4.42. The number of fused-ring (bicyclic) bond motifs is 1. The highest BCUT2D eigenvalue weighted by Crippen LogP contribution is 2.17. The Morgan fingerprint density at radius 2 is 2.50 bits per heavy atom. The Morgan fingerprint density at radius 1 is 1.67 bits per heavy atom. The second kappa shape index (κ2) is 2.86. The summed E-state index contributed by atoms with van der Waals surface area (Å²) >= 11 is 0. The van der Waals surface area contributed by atoms with Gasteiger partial charge in [-0.25, -0.2) is 9.67 Å². The van der Waals surface area contributed by atoms with Gasteiger partial charge in [0.1, 0.15) is 5.82 Å². The first kappa shape index (κ1) is 7.73. The summed E-state index contributed by atoms with van der Waals surface area (Å²) in [5.74, 6) is 2.63. The second-order valence-corrected chi connectivity index (χ2v) is 3.47. The molecule has 66 valence electrons. The summed E-state index contributed by atoms with van der Waals surface area (Å²) in [5, 5.41) is 4.28. The standard InChI is InChI=1S/C8H14N4/c1-6-2-3-12-8(4-6)10-7(5-9)11-12/h6H,2-5,9H2,1H3. The Hall–Kier alpha value is -0.900. The van der Waals surface area contributed by atoms with Crippen LogP contribution in [0.15, 0.2) is 0 Å². The lowest BCUT2D eigenvalue weighted by Crippen LogP contribution is -2.18. The third-order valence-corrected chi connectivity index (χ3v) is 2.34. The van der Waals surface area contributed by atoms with Crippen molar-refractivity contribution in [2.45, 2.75) is 32.9 Å². The third kappa shape index (κ3) is 1.22. The van der Waals surface area contributed by atoms with Gasteiger partial charge in [-0.3, -0.25) is 0 Å². The van der Waals surface area contributed by atoms with Crippen LogP contribution >= 0.6 is 0 Å². The van der Waals surface area contributed by atoms with E-state index < -0.39 is 0 Å². The highest BCUT2D eigenvalue weighted by atomic mass is 15.4. The molecule has 0 radical (unpaired) electrons. The first-order valence-corrected chi connectivity index (χ1v) is 4.42. The molecule has 1 aliphatic heterocycles. The van der Waals surface area contributed by atoms with Crippen LogP contribution in [0, 0.1) is 5.92 Å². The average Bonchev–Trinajstić information content (AvgIpc) is 2.46. The van der Waals surface area contributed by atoms with Gasteiger partial charge in [-0.05, 0) is 12.3 Å². The molecule has 1 aromatic heterocycles. The fourth-order valence-electron chi connectivity index (χ4n) is 1.60. The molecule has 4 nitrogen and oxygen atoms in total. The molecule has 0 saturated carbocycles. The highest BCUT2D eigenvalue weighted by molar-refractivity contribution is 4.96. The van der Waals surface area contributed by atoms with Crippen LogP contribution in [0.1, 0.15) is 25.0 Å². The number of nitrogens with two attached hydrogens (primary N) is 1. The number of nitrogens with zero attached hydrogens (tertiary/aromatic N) is 3. The molecule has 0 aromatic carbocycles. The van der Waals surface area contributed by atoms with Gasteiger partial charge < -0.3 is 5.73 Å². The van der Waals surface area contributed by atoms with Gasteiger partial charge in [0.2, 0.25) is 0 Å². The van der Waals surface area contributed by atoms with E-state index >= 15 is 0 Å². The predicted molar refractivity (Wildman–Crippen MR) is 45.4 cm³/mol. The Balaban J connectivity index is 2.28. The summed E-state index contributed by atoms with van der Waals surface area (Å²) in [5.41, 5.74) is 5.46. The van der Waals surface area contributed by atoms with Gasteiger partial charge in [-0.15, -0.1) is 0 Å². The van der Waals surface area contributed by atoms with E-state index in [0.29, 0.717) is 6.54 Å². The normalized spacial score (nSPS) is 22.3. The van der Waals surface area contributed by atoms with Gasteiger partial charge in [0, 0.05) is 13.0 Å². The van der Waals surface area contributed by atoms with Crippen molar-refractivity contribution in [3.05, 3.63) is 11.6 Å². The molecule has 1 aromatic rings. The lowest BCUT2D eigenvalue weighted by molar-refractivity contribution is 0.385. The maximum Gasteiger partial charge on any atom is 0.164 e. The van der Waals surface area contributed by atoms with Crippen molar-refractivity contribution in [1.82, 2.24) is 14.8 Å². The van der Waals surface area contributed by atoms with Gasteiger partial charge in [0.05, 0.1) is 6.54 Å². The largest absolute Gasteiger partial charge is 0.324 e. The molecule has 0 spiro atoms. The number of aromatic nitrogens is 3. The Labute approximate surface area is 71.8 Å². The van der Waals surface area contributed by atoms with Gasteiger partial charge >= 0.3 is 0 Å². The second-order valence-electron chi connectivity index (χ2n) is 3.47. The van der Waals surface area contributed by atoms with Gasteiger partial charge in [0.15, 0.2) is 5.82 Å². The smallest absolute Gasteiger partial charge is 0.164 e. The van der Waals surface area contributed by atoms with E-state index in [2.05, 4.69) is 17.0 Å². The van der Waals surface area contributed by atoms with E-state index in [0.717, 1.165) is 30.5 Å². The van der Waals surface area contributed by atoms with E-state index in [9.17, 15) is 0 Å². The quantitative estimate of drug-likeness (QED) is 0.653. The summed E-state index contributed by atoms with van der Waals surface area (Å²) < 4.78 is 1.99. The number of rotatable bonds is 1. The fourth-order valence-corrected chi connectivity index (χ4v) is 1.60. The van der Waals surface area contributed by atoms with Crippen molar-refractivity contribution in [1.29, 1.82) is 0 Å². The molecule has 2 heterocycles. The van der Waals surface area contributed by atoms with Gasteiger partial charge in [-0.2, -0.15) is 5.10 Å². The van der Waals surface area contributed by atoms with Crippen LogP contribution in [0.3, 0.4) is 0 Å². The molecule has 0 bridgehead atoms. The van der Waals surface area contributed by atoms with Crippen molar-refractivity contribution in [2.24, 2.45) is 11.7 Å². The third-order valence-electron chi connectivity index (χ3n) is 2.34. The van der Waals surface area contributed by atoms with Crippen LogP contribution < -0.4 is 5.73 Å². The zero-order valence-corrected chi connectivity index (χ0v) is 7.32. The van der Waals surface area contributed by atoms with Crippen LogP contribution in [0.5, 0.6) is 0 Å². The minimum Gasteiger partial charge on any atom is -0.324 e. The molecular formula is C8H14N4. The van der Waals surface area contributed by atoms with E-state index in [1.807, 2.05) is 4.68 Å². The topological polar surface area (TPSA) is 56.7 Å². The minimum absolute atomic E-state index is 0.453. The highest BCUT2D eigenvalue weighted by Gasteiger charge is 2.17. The van der Waals surface area contributed by atoms with E-state index in [4.69, 9.17) is 5.73 Å². The maximum atomic E-state index is 5.46. The number of aryl methyl sites for hydroxylation is 1. The van der Waals surface area contributed by atoms with Crippen molar-refractivity contribution >= 4 is 0 Å². The molecule has 1 unspecified atom stereocenters. The maximum absolute atomic E-state index is 5.46.